The van der Waals surface area contributed by atoms with Crippen LogP contribution < -0.4 is 4.68 Å². The van der Waals surface area contributed by atoms with E-state index in [0.717, 1.165) is 21.8 Å². The standard InChI is InChI=1S/C19H19N4S/c1-10-14-8-6-7-9-15(14)24-19(10)18-17-16(13(4)22-23(18)5)20-11(2)12(3)21-17/h6-9H,1-5H3/q+1/i4D3. The predicted molar refractivity (Wildman–Crippen MR) is 98.3 cm³/mol. The largest absolute Gasteiger partial charge is 0.276 e. The Balaban J connectivity index is 2.17. The summed E-state index contributed by atoms with van der Waals surface area (Å²) in [4.78, 5) is 10.3. The lowest BCUT2D eigenvalue weighted by Crippen LogP contribution is -2.37. The van der Waals surface area contributed by atoms with Crippen molar-refractivity contribution in [1.82, 2.24) is 15.1 Å². The number of benzene rings is 1. The van der Waals surface area contributed by atoms with Gasteiger partial charge in [0.1, 0.15) is 16.1 Å². The molecule has 0 radical (unpaired) electrons. The Hall–Kier alpha value is -2.40. The van der Waals surface area contributed by atoms with Crippen molar-refractivity contribution >= 4 is 32.5 Å². The first-order chi connectivity index (χ1) is 12.7. The smallest absolute Gasteiger partial charge is 0.247 e. The first-order valence-electron chi connectivity index (χ1n) is 9.22. The highest BCUT2D eigenvalue weighted by Gasteiger charge is 2.26. The molecular formula is C19H19N4S+. The van der Waals surface area contributed by atoms with E-state index in [-0.39, 0.29) is 5.69 Å². The van der Waals surface area contributed by atoms with Crippen molar-refractivity contribution in [1.29, 1.82) is 0 Å². The van der Waals surface area contributed by atoms with Gasteiger partial charge in [-0.15, -0.1) is 11.3 Å². The summed E-state index contributed by atoms with van der Waals surface area (Å²) in [6, 6.07) is 8.22. The second-order valence-corrected chi connectivity index (χ2v) is 7.02. The Morgan fingerprint density at radius 1 is 1.00 bits per heavy atom. The highest BCUT2D eigenvalue weighted by atomic mass is 32.1. The zero-order valence-electron chi connectivity index (χ0n) is 17.0. The van der Waals surface area contributed by atoms with Crippen LogP contribution in [-0.4, -0.2) is 15.1 Å². The van der Waals surface area contributed by atoms with Gasteiger partial charge in [0.25, 0.3) is 5.69 Å². The molecule has 0 saturated carbocycles. The molecular weight excluding hydrogens is 316 g/mol. The van der Waals surface area contributed by atoms with Crippen molar-refractivity contribution in [2.75, 3.05) is 0 Å². The molecule has 0 aliphatic heterocycles. The Morgan fingerprint density at radius 3 is 2.42 bits per heavy atom. The monoisotopic (exact) mass is 338 g/mol. The van der Waals surface area contributed by atoms with Gasteiger partial charge in [0.05, 0.1) is 11.4 Å². The van der Waals surface area contributed by atoms with Crippen LogP contribution in [0, 0.1) is 27.6 Å². The first-order valence-corrected chi connectivity index (χ1v) is 8.54. The van der Waals surface area contributed by atoms with E-state index in [0.29, 0.717) is 16.7 Å². The summed E-state index contributed by atoms with van der Waals surface area (Å²) in [5, 5.41) is 5.57. The number of hydrogen-bond donors (Lipinski definition) is 0. The molecule has 0 aliphatic carbocycles. The third-order valence-corrected chi connectivity index (χ3v) is 5.67. The molecule has 0 fully saturated rings. The molecule has 1 aromatic carbocycles. The molecule has 0 spiro atoms. The molecule has 4 nitrogen and oxygen atoms in total. The molecule has 4 aromatic rings. The lowest BCUT2D eigenvalue weighted by Gasteiger charge is -2.06. The second kappa shape index (κ2) is 5.31. The number of thiophene rings is 1. The Kier molecular flexibility index (Phi) is 2.66. The van der Waals surface area contributed by atoms with Crippen LogP contribution in [0.15, 0.2) is 24.3 Å². The fraction of sp³-hybridized carbons (Fsp3) is 0.263. The van der Waals surface area contributed by atoms with Gasteiger partial charge < -0.3 is 0 Å². The van der Waals surface area contributed by atoms with E-state index in [1.54, 1.807) is 23.1 Å². The third kappa shape index (κ3) is 2.12. The van der Waals surface area contributed by atoms with Gasteiger partial charge in [-0.1, -0.05) is 22.9 Å². The van der Waals surface area contributed by atoms with Crippen molar-refractivity contribution in [3.8, 4) is 10.6 Å². The van der Waals surface area contributed by atoms with Gasteiger partial charge in [-0.3, -0.25) is 0 Å². The number of hydrogen-bond acceptors (Lipinski definition) is 4. The van der Waals surface area contributed by atoms with Crippen LogP contribution in [0.4, 0.5) is 0 Å². The molecule has 0 atom stereocenters. The topological polar surface area (TPSA) is 42.5 Å². The number of nitrogens with zero attached hydrogens (tertiary/aromatic N) is 4. The maximum atomic E-state index is 7.87. The van der Waals surface area contributed by atoms with Crippen molar-refractivity contribution in [3.05, 3.63) is 46.9 Å². The minimum Gasteiger partial charge on any atom is -0.247 e. The predicted octanol–water partition coefficient (Wildman–Crippen LogP) is 3.96. The van der Waals surface area contributed by atoms with Crippen LogP contribution in [0.5, 0.6) is 0 Å². The van der Waals surface area contributed by atoms with Gasteiger partial charge in [0.2, 0.25) is 0 Å². The quantitative estimate of drug-likeness (QED) is 0.493. The minimum atomic E-state index is -2.36. The fourth-order valence-electron chi connectivity index (χ4n) is 2.99. The van der Waals surface area contributed by atoms with Crippen molar-refractivity contribution in [2.45, 2.75) is 27.6 Å². The van der Waals surface area contributed by atoms with Crippen LogP contribution in [-0.2, 0) is 7.05 Å². The summed E-state index contributed by atoms with van der Waals surface area (Å²) < 4.78 is 26.4. The number of rotatable bonds is 1. The van der Waals surface area contributed by atoms with E-state index in [1.807, 2.05) is 26.0 Å². The zero-order chi connectivity index (χ0) is 19.5. The van der Waals surface area contributed by atoms with E-state index in [2.05, 4.69) is 29.1 Å². The highest BCUT2D eigenvalue weighted by molar-refractivity contribution is 7.22. The van der Waals surface area contributed by atoms with E-state index >= 15 is 0 Å². The zero-order valence-corrected chi connectivity index (χ0v) is 14.8. The second-order valence-electron chi connectivity index (χ2n) is 5.96. The van der Waals surface area contributed by atoms with Gasteiger partial charge in [-0.05, 0) is 49.7 Å². The molecule has 0 aliphatic rings. The summed E-state index contributed by atoms with van der Waals surface area (Å²) in [6.45, 7) is 3.44. The normalized spacial score (nSPS) is 13.9. The lowest BCUT2D eigenvalue weighted by molar-refractivity contribution is -0.719. The maximum Gasteiger partial charge on any atom is 0.276 e. The average Bonchev–Trinajstić information content (AvgIpc) is 2.92. The van der Waals surface area contributed by atoms with E-state index < -0.39 is 6.85 Å². The van der Waals surface area contributed by atoms with Crippen molar-refractivity contribution in [2.24, 2.45) is 7.05 Å². The number of fused-ring (bicyclic) bond motifs is 2. The average molecular weight is 338 g/mol. The third-order valence-electron chi connectivity index (χ3n) is 4.39. The summed E-state index contributed by atoms with van der Waals surface area (Å²) in [6.07, 6.45) is 0. The number of aryl methyl sites for hydroxylation is 5. The van der Waals surface area contributed by atoms with Gasteiger partial charge in [-0.2, -0.15) is 0 Å². The molecule has 0 N–H and O–H groups in total. The minimum absolute atomic E-state index is 0.0156. The van der Waals surface area contributed by atoms with Crippen LogP contribution in [0.1, 0.15) is 26.8 Å². The molecule has 3 aromatic heterocycles. The van der Waals surface area contributed by atoms with Crippen LogP contribution in [0.3, 0.4) is 0 Å². The Labute approximate surface area is 149 Å². The summed E-state index contributed by atoms with van der Waals surface area (Å²) in [5.74, 6) is 0. The molecule has 4 rings (SSSR count). The van der Waals surface area contributed by atoms with Gasteiger partial charge in [0.15, 0.2) is 12.6 Å². The summed E-state index contributed by atoms with van der Waals surface area (Å²) >= 11 is 1.66. The van der Waals surface area contributed by atoms with Gasteiger partial charge >= 0.3 is 0 Å². The summed E-state index contributed by atoms with van der Waals surface area (Å²) in [7, 11) is 1.77. The van der Waals surface area contributed by atoms with Crippen LogP contribution in [0.25, 0.3) is 31.7 Å². The highest BCUT2D eigenvalue weighted by Crippen LogP contribution is 2.38. The molecule has 3 heterocycles. The molecule has 0 bridgehead atoms. The van der Waals surface area contributed by atoms with Crippen molar-refractivity contribution in [3.63, 3.8) is 0 Å². The molecule has 0 unspecified atom stereocenters. The Morgan fingerprint density at radius 2 is 1.71 bits per heavy atom. The fourth-order valence-corrected chi connectivity index (χ4v) is 4.27. The number of aromatic nitrogens is 4. The molecule has 0 amide bonds. The molecule has 0 saturated heterocycles. The van der Waals surface area contributed by atoms with Crippen LogP contribution >= 0.6 is 11.3 Å². The Bertz CT molecular complexity index is 1210. The SMILES string of the molecule is [2H]C([2H])([2H])c1n[n+](C)c(-c2sc3ccccc3c2C)c2nc(C)c(C)nc12. The summed E-state index contributed by atoms with van der Waals surface area (Å²) in [5.41, 5.74) is 4.34. The van der Waals surface area contributed by atoms with Gasteiger partial charge in [0, 0.05) is 8.81 Å². The maximum absolute atomic E-state index is 7.87. The van der Waals surface area contributed by atoms with E-state index in [4.69, 9.17) is 9.10 Å². The van der Waals surface area contributed by atoms with Crippen LogP contribution in [0.2, 0.25) is 0 Å². The van der Waals surface area contributed by atoms with E-state index in [9.17, 15) is 0 Å². The lowest BCUT2D eigenvalue weighted by atomic mass is 10.1. The van der Waals surface area contributed by atoms with Gasteiger partial charge in [-0.25, -0.2) is 9.97 Å². The molecule has 24 heavy (non-hydrogen) atoms. The molecule has 120 valence electrons. The van der Waals surface area contributed by atoms with E-state index in [1.165, 1.54) is 10.1 Å². The first kappa shape index (κ1) is 12.0. The molecule has 5 heteroatoms. The van der Waals surface area contributed by atoms with Crippen molar-refractivity contribution < 1.29 is 8.79 Å².